The second-order valence-electron chi connectivity index (χ2n) is 6.96. The van der Waals surface area contributed by atoms with Crippen molar-refractivity contribution in [2.45, 2.75) is 34.1 Å². The number of carbonyl (C=O) groups excluding carboxylic acids is 1. The van der Waals surface area contributed by atoms with Crippen molar-refractivity contribution in [2.75, 3.05) is 19.0 Å². The SMILES string of the molecule is COC(=O)Nc1nccc(-c2ccc(OCC(C)CC(C)C)c(C)n2)c1F. The van der Waals surface area contributed by atoms with Crippen molar-refractivity contribution >= 4 is 11.9 Å². The predicted octanol–water partition coefficient (Wildman–Crippen LogP) is 4.83. The van der Waals surface area contributed by atoms with Crippen LogP contribution in [-0.4, -0.2) is 29.8 Å². The minimum Gasteiger partial charge on any atom is -0.491 e. The van der Waals surface area contributed by atoms with Gasteiger partial charge in [-0.15, -0.1) is 0 Å². The van der Waals surface area contributed by atoms with Crippen molar-refractivity contribution in [3.8, 4) is 17.0 Å². The number of pyridine rings is 2. The van der Waals surface area contributed by atoms with Crippen LogP contribution >= 0.6 is 0 Å². The van der Waals surface area contributed by atoms with Gasteiger partial charge in [-0.1, -0.05) is 20.8 Å². The maximum absolute atomic E-state index is 14.7. The van der Waals surface area contributed by atoms with Crippen LogP contribution in [0.3, 0.4) is 0 Å². The van der Waals surface area contributed by atoms with E-state index in [1.807, 2.05) is 6.92 Å². The molecule has 27 heavy (non-hydrogen) atoms. The van der Waals surface area contributed by atoms with Crippen LogP contribution in [0.25, 0.3) is 11.3 Å². The first kappa shape index (κ1) is 20.6. The highest BCUT2D eigenvalue weighted by Crippen LogP contribution is 2.28. The molecule has 2 heterocycles. The van der Waals surface area contributed by atoms with E-state index < -0.39 is 11.9 Å². The fourth-order valence-corrected chi connectivity index (χ4v) is 2.83. The second kappa shape index (κ2) is 9.30. The summed E-state index contributed by atoms with van der Waals surface area (Å²) in [5.41, 5.74) is 1.34. The van der Waals surface area contributed by atoms with Crippen LogP contribution in [0, 0.1) is 24.6 Å². The van der Waals surface area contributed by atoms with E-state index in [9.17, 15) is 9.18 Å². The van der Waals surface area contributed by atoms with Gasteiger partial charge in [-0.3, -0.25) is 5.32 Å². The molecule has 1 unspecified atom stereocenters. The van der Waals surface area contributed by atoms with E-state index in [1.54, 1.807) is 12.1 Å². The van der Waals surface area contributed by atoms with E-state index in [0.29, 0.717) is 35.6 Å². The van der Waals surface area contributed by atoms with Gasteiger partial charge >= 0.3 is 6.09 Å². The third kappa shape index (κ3) is 5.64. The molecule has 2 aromatic rings. The molecule has 146 valence electrons. The quantitative estimate of drug-likeness (QED) is 0.750. The van der Waals surface area contributed by atoms with Gasteiger partial charge in [-0.2, -0.15) is 0 Å². The highest BCUT2D eigenvalue weighted by Gasteiger charge is 2.16. The van der Waals surface area contributed by atoms with E-state index in [-0.39, 0.29) is 11.4 Å². The van der Waals surface area contributed by atoms with Crippen LogP contribution in [0.1, 0.15) is 32.9 Å². The number of nitrogens with one attached hydrogen (secondary N) is 1. The summed E-state index contributed by atoms with van der Waals surface area (Å²) < 4.78 is 25.0. The normalized spacial score (nSPS) is 12.0. The average Bonchev–Trinajstić information content (AvgIpc) is 2.61. The van der Waals surface area contributed by atoms with Gasteiger partial charge in [0.15, 0.2) is 11.6 Å². The molecule has 0 saturated heterocycles. The smallest absolute Gasteiger partial charge is 0.412 e. The predicted molar refractivity (Wildman–Crippen MR) is 102 cm³/mol. The molecule has 1 N–H and O–H groups in total. The molecule has 0 saturated carbocycles. The van der Waals surface area contributed by atoms with Crippen molar-refractivity contribution < 1.29 is 18.7 Å². The summed E-state index contributed by atoms with van der Waals surface area (Å²) in [5.74, 6) is 0.855. The van der Waals surface area contributed by atoms with E-state index in [4.69, 9.17) is 4.74 Å². The number of methoxy groups -OCH3 is 1. The van der Waals surface area contributed by atoms with Gasteiger partial charge in [0, 0.05) is 11.8 Å². The van der Waals surface area contributed by atoms with Gasteiger partial charge in [0.25, 0.3) is 0 Å². The Morgan fingerprint density at radius 2 is 2.00 bits per heavy atom. The highest BCUT2D eigenvalue weighted by atomic mass is 19.1. The standard InChI is InChI=1S/C20H26FN3O3/c1-12(2)10-13(3)11-27-17-7-6-16(23-14(17)4)15-8-9-22-19(18(15)21)24-20(25)26-5/h6-9,12-13H,10-11H2,1-5H3,(H,22,24,25). The largest absolute Gasteiger partial charge is 0.491 e. The lowest BCUT2D eigenvalue weighted by Gasteiger charge is -2.16. The first-order valence-corrected chi connectivity index (χ1v) is 8.92. The maximum Gasteiger partial charge on any atom is 0.412 e. The van der Waals surface area contributed by atoms with Gasteiger partial charge in [0.2, 0.25) is 0 Å². The number of nitrogens with zero attached hydrogens (tertiary/aromatic N) is 2. The summed E-state index contributed by atoms with van der Waals surface area (Å²) >= 11 is 0. The van der Waals surface area contributed by atoms with E-state index in [2.05, 4.69) is 40.8 Å². The lowest BCUT2D eigenvalue weighted by molar-refractivity contribution is 0.186. The number of hydrogen-bond acceptors (Lipinski definition) is 5. The average molecular weight is 375 g/mol. The summed E-state index contributed by atoms with van der Waals surface area (Å²) in [4.78, 5) is 19.6. The summed E-state index contributed by atoms with van der Waals surface area (Å²) in [7, 11) is 1.20. The Bertz CT molecular complexity index is 796. The molecule has 0 bridgehead atoms. The zero-order valence-corrected chi connectivity index (χ0v) is 16.4. The zero-order valence-electron chi connectivity index (χ0n) is 16.4. The number of rotatable bonds is 7. The van der Waals surface area contributed by atoms with Gasteiger partial charge < -0.3 is 9.47 Å². The Labute approximate surface area is 159 Å². The van der Waals surface area contributed by atoms with Crippen LogP contribution in [0.15, 0.2) is 24.4 Å². The van der Waals surface area contributed by atoms with Crippen LogP contribution in [0.2, 0.25) is 0 Å². The van der Waals surface area contributed by atoms with Crippen LogP contribution in [-0.2, 0) is 4.74 Å². The Balaban J connectivity index is 2.17. The van der Waals surface area contributed by atoms with Crippen LogP contribution in [0.4, 0.5) is 15.0 Å². The monoisotopic (exact) mass is 375 g/mol. The number of hydrogen-bond donors (Lipinski definition) is 1. The van der Waals surface area contributed by atoms with Crippen molar-refractivity contribution in [2.24, 2.45) is 11.8 Å². The Morgan fingerprint density at radius 1 is 1.26 bits per heavy atom. The fraction of sp³-hybridized carbons (Fsp3) is 0.450. The van der Waals surface area contributed by atoms with Gasteiger partial charge in [0.05, 0.1) is 25.1 Å². The lowest BCUT2D eigenvalue weighted by Crippen LogP contribution is -2.14. The molecule has 2 aromatic heterocycles. The van der Waals surface area contributed by atoms with E-state index >= 15 is 0 Å². The molecule has 6 nitrogen and oxygen atoms in total. The molecule has 0 aromatic carbocycles. The van der Waals surface area contributed by atoms with Gasteiger partial charge in [-0.05, 0) is 43.4 Å². The van der Waals surface area contributed by atoms with Crippen molar-refractivity contribution in [3.63, 3.8) is 0 Å². The summed E-state index contributed by atoms with van der Waals surface area (Å²) in [5, 5.41) is 2.24. The molecule has 0 spiro atoms. The summed E-state index contributed by atoms with van der Waals surface area (Å²) in [6.45, 7) is 8.95. The number of ether oxygens (including phenoxy) is 2. The first-order valence-electron chi connectivity index (χ1n) is 8.92. The van der Waals surface area contributed by atoms with Crippen molar-refractivity contribution in [1.82, 2.24) is 9.97 Å². The molecule has 0 aliphatic heterocycles. The van der Waals surface area contributed by atoms with Crippen molar-refractivity contribution in [3.05, 3.63) is 35.9 Å². The number of amides is 1. The molecular weight excluding hydrogens is 349 g/mol. The number of aryl methyl sites for hydroxylation is 1. The topological polar surface area (TPSA) is 73.3 Å². The molecule has 1 atom stereocenters. The molecule has 1 amide bonds. The number of halogens is 1. The molecule has 2 rings (SSSR count). The zero-order chi connectivity index (χ0) is 20.0. The number of carbonyl (C=O) groups is 1. The second-order valence-corrected chi connectivity index (χ2v) is 6.96. The van der Waals surface area contributed by atoms with E-state index in [0.717, 1.165) is 6.42 Å². The maximum atomic E-state index is 14.7. The molecule has 7 heteroatoms. The third-order valence-corrected chi connectivity index (χ3v) is 4.01. The van der Waals surface area contributed by atoms with Gasteiger partial charge in [-0.25, -0.2) is 19.2 Å². The lowest BCUT2D eigenvalue weighted by atomic mass is 10.00. The van der Waals surface area contributed by atoms with E-state index in [1.165, 1.54) is 19.4 Å². The minimum absolute atomic E-state index is 0.207. The van der Waals surface area contributed by atoms with Crippen LogP contribution < -0.4 is 10.1 Å². The number of anilines is 1. The fourth-order valence-electron chi connectivity index (χ4n) is 2.83. The Kier molecular flexibility index (Phi) is 7.10. The van der Waals surface area contributed by atoms with Crippen molar-refractivity contribution in [1.29, 1.82) is 0 Å². The minimum atomic E-state index is -0.790. The molecule has 0 fully saturated rings. The Morgan fingerprint density at radius 3 is 2.63 bits per heavy atom. The number of aromatic nitrogens is 2. The molecular formula is C20H26FN3O3. The summed E-state index contributed by atoms with van der Waals surface area (Å²) in [6, 6.07) is 4.98. The third-order valence-electron chi connectivity index (χ3n) is 4.01. The highest BCUT2D eigenvalue weighted by molar-refractivity contribution is 5.84. The molecule has 0 aliphatic rings. The molecule has 0 radical (unpaired) electrons. The first-order chi connectivity index (χ1) is 12.8. The molecule has 0 aliphatic carbocycles. The Hall–Kier alpha value is -2.70. The summed E-state index contributed by atoms with van der Waals surface area (Å²) in [6.07, 6.45) is 1.70. The van der Waals surface area contributed by atoms with Gasteiger partial charge in [0.1, 0.15) is 5.75 Å². The van der Waals surface area contributed by atoms with Crippen LogP contribution in [0.5, 0.6) is 5.75 Å².